The molecule has 4 heteroatoms. The molecule has 0 radical (unpaired) electrons. The molecule has 130 valence electrons. The molecule has 25 heavy (non-hydrogen) atoms. The molecule has 0 saturated heterocycles. The fraction of sp³-hybridized carbons (Fsp3) is 0.381. The summed E-state index contributed by atoms with van der Waals surface area (Å²) in [5, 5.41) is 3.02. The van der Waals surface area contributed by atoms with E-state index in [0.717, 1.165) is 42.7 Å². The zero-order valence-corrected chi connectivity index (χ0v) is 14.5. The summed E-state index contributed by atoms with van der Waals surface area (Å²) in [7, 11) is 1.67. The zero-order chi connectivity index (χ0) is 17.2. The maximum atomic E-state index is 12.0. The van der Waals surface area contributed by atoms with E-state index in [9.17, 15) is 4.79 Å². The van der Waals surface area contributed by atoms with E-state index in [1.165, 1.54) is 11.1 Å². The van der Waals surface area contributed by atoms with Gasteiger partial charge in [-0.15, -0.1) is 0 Å². The monoisotopic (exact) mass is 337 g/mol. The van der Waals surface area contributed by atoms with Gasteiger partial charge in [0.2, 0.25) is 0 Å². The Bertz CT molecular complexity index is 765. The van der Waals surface area contributed by atoms with Crippen LogP contribution in [-0.2, 0) is 12.8 Å². The number of methoxy groups -OCH3 is 1. The maximum Gasteiger partial charge on any atom is 0.251 e. The second-order valence-corrected chi connectivity index (χ2v) is 7.00. The van der Waals surface area contributed by atoms with E-state index in [2.05, 4.69) is 23.5 Å². The summed E-state index contributed by atoms with van der Waals surface area (Å²) in [5.41, 5.74) is 3.22. The smallest absolute Gasteiger partial charge is 0.251 e. The summed E-state index contributed by atoms with van der Waals surface area (Å²) in [4.78, 5) is 12.0. The fourth-order valence-electron chi connectivity index (χ4n) is 3.30. The molecular formula is C21H23NO3. The Morgan fingerprint density at radius 1 is 1.20 bits per heavy atom. The predicted molar refractivity (Wildman–Crippen MR) is 96.3 cm³/mol. The van der Waals surface area contributed by atoms with Gasteiger partial charge in [-0.2, -0.15) is 0 Å². The van der Waals surface area contributed by atoms with Gasteiger partial charge in [0.1, 0.15) is 11.5 Å². The van der Waals surface area contributed by atoms with Crippen molar-refractivity contribution in [1.29, 1.82) is 0 Å². The van der Waals surface area contributed by atoms with Crippen LogP contribution in [0.15, 0.2) is 42.5 Å². The van der Waals surface area contributed by atoms with Gasteiger partial charge in [0.05, 0.1) is 13.7 Å². The first-order valence-corrected chi connectivity index (χ1v) is 8.91. The molecule has 1 aliphatic heterocycles. The van der Waals surface area contributed by atoms with Gasteiger partial charge < -0.3 is 14.8 Å². The normalized spacial score (nSPS) is 18.8. The summed E-state index contributed by atoms with van der Waals surface area (Å²) in [6, 6.07) is 14.4. The Kier molecular flexibility index (Phi) is 4.35. The number of rotatable bonds is 5. The van der Waals surface area contributed by atoms with Crippen LogP contribution >= 0.6 is 0 Å². The third kappa shape index (κ3) is 3.78. The van der Waals surface area contributed by atoms with Crippen LogP contribution in [0.1, 0.15) is 34.3 Å². The highest BCUT2D eigenvalue weighted by Crippen LogP contribution is 2.32. The van der Waals surface area contributed by atoms with E-state index in [4.69, 9.17) is 9.47 Å². The van der Waals surface area contributed by atoms with E-state index in [1.54, 1.807) is 7.11 Å². The average Bonchev–Trinajstić information content (AvgIpc) is 3.46. The Morgan fingerprint density at radius 3 is 2.72 bits per heavy atom. The molecule has 0 bridgehead atoms. The van der Waals surface area contributed by atoms with Gasteiger partial charge in [-0.3, -0.25) is 4.79 Å². The Hall–Kier alpha value is -2.49. The molecule has 0 spiro atoms. The molecule has 2 aliphatic rings. The molecule has 1 amide bonds. The molecule has 1 aliphatic carbocycles. The van der Waals surface area contributed by atoms with Gasteiger partial charge in [-0.05, 0) is 55.0 Å². The van der Waals surface area contributed by atoms with Crippen LogP contribution in [0.25, 0.3) is 0 Å². The molecule has 0 aromatic heterocycles. The molecule has 4 rings (SSSR count). The van der Waals surface area contributed by atoms with E-state index >= 15 is 0 Å². The molecule has 1 N–H and O–H groups in total. The third-order valence-electron chi connectivity index (χ3n) is 4.91. The summed E-state index contributed by atoms with van der Waals surface area (Å²) in [6.07, 6.45) is 4.18. The number of benzene rings is 2. The molecule has 1 heterocycles. The van der Waals surface area contributed by atoms with Crippen molar-refractivity contribution in [3.05, 3.63) is 59.2 Å². The van der Waals surface area contributed by atoms with Crippen molar-refractivity contribution >= 4 is 5.91 Å². The van der Waals surface area contributed by atoms with Crippen LogP contribution < -0.4 is 14.8 Å². The summed E-state index contributed by atoms with van der Waals surface area (Å²) in [6.45, 7) is 0.712. The highest BCUT2D eigenvalue weighted by atomic mass is 16.5. The Morgan fingerprint density at radius 2 is 2.00 bits per heavy atom. The van der Waals surface area contributed by atoms with Gasteiger partial charge in [-0.25, -0.2) is 0 Å². The second-order valence-electron chi connectivity index (χ2n) is 7.00. The van der Waals surface area contributed by atoms with Gasteiger partial charge in [0, 0.05) is 23.6 Å². The quantitative estimate of drug-likeness (QED) is 0.910. The highest BCUT2D eigenvalue weighted by molar-refractivity contribution is 5.94. The topological polar surface area (TPSA) is 47.6 Å². The standard InChI is InChI=1S/C21H23NO3/c1-24-19-9-6-17-11-15(13-25-20(17)12-19)10-14-2-4-16(5-3-14)21(23)22-18-7-8-18/h2-6,9,12,15,18H,7-8,10-11,13H2,1H3,(H,22,23). The minimum absolute atomic E-state index is 0.0397. The lowest BCUT2D eigenvalue weighted by atomic mass is 9.90. The zero-order valence-electron chi connectivity index (χ0n) is 14.5. The number of fused-ring (bicyclic) bond motifs is 1. The van der Waals surface area contributed by atoms with Gasteiger partial charge >= 0.3 is 0 Å². The van der Waals surface area contributed by atoms with Crippen molar-refractivity contribution in [3.63, 3.8) is 0 Å². The molecule has 1 saturated carbocycles. The first-order chi connectivity index (χ1) is 12.2. The third-order valence-corrected chi connectivity index (χ3v) is 4.91. The lowest BCUT2D eigenvalue weighted by molar-refractivity contribution is 0.0951. The van der Waals surface area contributed by atoms with Crippen LogP contribution in [0.5, 0.6) is 11.5 Å². The van der Waals surface area contributed by atoms with Crippen molar-refractivity contribution in [2.24, 2.45) is 5.92 Å². The average molecular weight is 337 g/mol. The molecule has 1 atom stereocenters. The lowest BCUT2D eigenvalue weighted by Gasteiger charge is -2.25. The van der Waals surface area contributed by atoms with Crippen LogP contribution in [-0.4, -0.2) is 25.7 Å². The molecule has 1 unspecified atom stereocenters. The molecule has 4 nitrogen and oxygen atoms in total. The number of nitrogens with one attached hydrogen (secondary N) is 1. The Balaban J connectivity index is 1.38. The fourth-order valence-corrected chi connectivity index (χ4v) is 3.30. The minimum atomic E-state index is 0.0397. The molecule has 2 aromatic rings. The van der Waals surface area contributed by atoms with Crippen LogP contribution in [0, 0.1) is 5.92 Å². The van der Waals surface area contributed by atoms with E-state index in [0.29, 0.717) is 18.6 Å². The van der Waals surface area contributed by atoms with E-state index < -0.39 is 0 Å². The summed E-state index contributed by atoms with van der Waals surface area (Å²) < 4.78 is 11.2. The first kappa shape index (κ1) is 16.0. The lowest BCUT2D eigenvalue weighted by Crippen LogP contribution is -2.25. The molecular weight excluding hydrogens is 314 g/mol. The highest BCUT2D eigenvalue weighted by Gasteiger charge is 2.24. The molecule has 2 aromatic carbocycles. The van der Waals surface area contributed by atoms with Crippen LogP contribution in [0.4, 0.5) is 0 Å². The maximum absolute atomic E-state index is 12.0. The first-order valence-electron chi connectivity index (χ1n) is 8.91. The predicted octanol–water partition coefficient (Wildman–Crippen LogP) is 3.38. The van der Waals surface area contributed by atoms with Gasteiger partial charge in [-0.1, -0.05) is 18.2 Å². The largest absolute Gasteiger partial charge is 0.497 e. The number of hydrogen-bond acceptors (Lipinski definition) is 3. The van der Waals surface area contributed by atoms with Crippen LogP contribution in [0.3, 0.4) is 0 Å². The second kappa shape index (κ2) is 6.79. The number of amides is 1. The summed E-state index contributed by atoms with van der Waals surface area (Å²) in [5.74, 6) is 2.25. The van der Waals surface area contributed by atoms with Gasteiger partial charge in [0.25, 0.3) is 5.91 Å². The van der Waals surface area contributed by atoms with E-state index in [-0.39, 0.29) is 5.91 Å². The van der Waals surface area contributed by atoms with Gasteiger partial charge in [0.15, 0.2) is 0 Å². The Labute approximate surface area is 148 Å². The number of carbonyl (C=O) groups is 1. The van der Waals surface area contributed by atoms with Crippen molar-refractivity contribution < 1.29 is 14.3 Å². The SMILES string of the molecule is COc1ccc2c(c1)OCC(Cc1ccc(C(=O)NC3CC3)cc1)C2. The van der Waals surface area contributed by atoms with Crippen molar-refractivity contribution in [1.82, 2.24) is 5.32 Å². The minimum Gasteiger partial charge on any atom is -0.497 e. The number of ether oxygens (including phenoxy) is 2. The number of carbonyl (C=O) groups excluding carboxylic acids is 1. The van der Waals surface area contributed by atoms with Crippen molar-refractivity contribution in [2.45, 2.75) is 31.7 Å². The van der Waals surface area contributed by atoms with Crippen molar-refractivity contribution in [3.8, 4) is 11.5 Å². The molecule has 1 fully saturated rings. The number of hydrogen-bond donors (Lipinski definition) is 1. The van der Waals surface area contributed by atoms with Crippen LogP contribution in [0.2, 0.25) is 0 Å². The van der Waals surface area contributed by atoms with Crippen molar-refractivity contribution in [2.75, 3.05) is 13.7 Å². The summed E-state index contributed by atoms with van der Waals surface area (Å²) >= 11 is 0. The van der Waals surface area contributed by atoms with E-state index in [1.807, 2.05) is 24.3 Å².